The van der Waals surface area contributed by atoms with Gasteiger partial charge in [-0.3, -0.25) is 0 Å². The van der Waals surface area contributed by atoms with E-state index in [0.29, 0.717) is 0 Å². The van der Waals surface area contributed by atoms with Gasteiger partial charge in [0.15, 0.2) is 0 Å². The van der Waals surface area contributed by atoms with Gasteiger partial charge in [0.2, 0.25) is 0 Å². The summed E-state index contributed by atoms with van der Waals surface area (Å²) in [6.45, 7) is 1.91. The Labute approximate surface area is 136 Å². The van der Waals surface area contributed by atoms with Gasteiger partial charge in [-0.05, 0) is 32.4 Å². The number of hydrogen-bond donors (Lipinski definition) is 0. The van der Waals surface area contributed by atoms with Gasteiger partial charge in [0.05, 0.1) is 0 Å². The van der Waals surface area contributed by atoms with E-state index >= 15 is 0 Å². The lowest BCUT2D eigenvalue weighted by atomic mass is 9.95. The van der Waals surface area contributed by atoms with Crippen molar-refractivity contribution < 1.29 is 0 Å². The van der Waals surface area contributed by atoms with E-state index in [4.69, 9.17) is 24.4 Å². The predicted octanol–water partition coefficient (Wildman–Crippen LogP) is 3.46. The van der Waals surface area contributed by atoms with Gasteiger partial charge < -0.3 is 9.80 Å². The first kappa shape index (κ1) is 14.6. The van der Waals surface area contributed by atoms with Crippen molar-refractivity contribution in [3.63, 3.8) is 0 Å². The van der Waals surface area contributed by atoms with Gasteiger partial charge in [-0.2, -0.15) is 0 Å². The van der Waals surface area contributed by atoms with Crippen molar-refractivity contribution in [3.8, 4) is 0 Å². The molecule has 1 heterocycles. The van der Waals surface area contributed by atoms with Crippen LogP contribution in [0.5, 0.6) is 0 Å². The van der Waals surface area contributed by atoms with Crippen molar-refractivity contribution in [1.29, 1.82) is 0 Å². The van der Waals surface area contributed by atoms with E-state index in [1.54, 1.807) is 0 Å². The summed E-state index contributed by atoms with van der Waals surface area (Å²) in [4.78, 5) is 6.03. The van der Waals surface area contributed by atoms with Crippen molar-refractivity contribution >= 4 is 45.2 Å². The van der Waals surface area contributed by atoms with Crippen molar-refractivity contribution in [1.82, 2.24) is 9.80 Å². The molecule has 1 aliphatic rings. The Bertz CT molecular complexity index is 671. The van der Waals surface area contributed by atoms with Crippen LogP contribution in [0.3, 0.4) is 0 Å². The maximum Gasteiger partial charge on any atom is 0.114 e. The summed E-state index contributed by atoms with van der Waals surface area (Å²) in [6, 6.07) is 12.6. The monoisotopic (exact) mass is 314 g/mol. The smallest absolute Gasteiger partial charge is 0.114 e. The van der Waals surface area contributed by atoms with Crippen LogP contribution in [-0.4, -0.2) is 47.0 Å². The van der Waals surface area contributed by atoms with E-state index in [2.05, 4.69) is 60.3 Å². The molecule has 0 bridgehead atoms. The molecule has 2 aromatic carbocycles. The molecule has 21 heavy (non-hydrogen) atoms. The van der Waals surface area contributed by atoms with E-state index in [0.717, 1.165) is 40.6 Å². The number of nitrogens with zero attached hydrogens (tertiary/aromatic N) is 2. The van der Waals surface area contributed by atoms with Crippen LogP contribution in [0.2, 0.25) is 0 Å². The summed E-state index contributed by atoms with van der Waals surface area (Å²) in [7, 11) is 4.17. The SMILES string of the molecule is CN(C)CCCN1C(=S)c2cccc3cccc(c23)C1=S. The van der Waals surface area contributed by atoms with Crippen molar-refractivity contribution in [2.45, 2.75) is 6.42 Å². The molecule has 108 valence electrons. The fraction of sp³-hybridized carbons (Fsp3) is 0.294. The first-order valence-corrected chi connectivity index (χ1v) is 7.94. The second kappa shape index (κ2) is 5.79. The Morgan fingerprint density at radius 2 is 1.52 bits per heavy atom. The number of rotatable bonds is 4. The van der Waals surface area contributed by atoms with Gasteiger partial charge in [-0.25, -0.2) is 0 Å². The fourth-order valence-corrected chi connectivity index (χ4v) is 3.59. The summed E-state index contributed by atoms with van der Waals surface area (Å²) in [6.07, 6.45) is 1.05. The molecule has 0 aliphatic carbocycles. The maximum atomic E-state index is 5.70. The highest BCUT2D eigenvalue weighted by Gasteiger charge is 2.26. The summed E-state index contributed by atoms with van der Waals surface area (Å²) >= 11 is 11.4. The van der Waals surface area contributed by atoms with Crippen molar-refractivity contribution in [2.75, 3.05) is 27.2 Å². The Hall–Kier alpha value is -1.36. The minimum Gasteiger partial charge on any atom is -0.323 e. The Morgan fingerprint density at radius 1 is 0.952 bits per heavy atom. The van der Waals surface area contributed by atoms with Crippen LogP contribution in [-0.2, 0) is 0 Å². The molecule has 2 aromatic rings. The first-order chi connectivity index (χ1) is 10.1. The number of hydrogen-bond acceptors (Lipinski definition) is 3. The summed E-state index contributed by atoms with van der Waals surface area (Å²) < 4.78 is 0. The summed E-state index contributed by atoms with van der Waals surface area (Å²) in [5, 5.41) is 2.42. The molecule has 0 saturated heterocycles. The van der Waals surface area contributed by atoms with Gasteiger partial charge in [-0.15, -0.1) is 0 Å². The molecule has 0 aromatic heterocycles. The second-order valence-corrected chi connectivity index (χ2v) is 6.40. The van der Waals surface area contributed by atoms with Crippen LogP contribution in [0.4, 0.5) is 0 Å². The van der Waals surface area contributed by atoms with Crippen LogP contribution in [0, 0.1) is 0 Å². The zero-order valence-electron chi connectivity index (χ0n) is 12.3. The lowest BCUT2D eigenvalue weighted by molar-refractivity contribution is 0.386. The average molecular weight is 314 g/mol. The zero-order valence-corrected chi connectivity index (χ0v) is 13.9. The number of benzene rings is 2. The van der Waals surface area contributed by atoms with Crippen molar-refractivity contribution in [2.24, 2.45) is 0 Å². The third kappa shape index (κ3) is 2.59. The average Bonchev–Trinajstić information content (AvgIpc) is 2.47. The maximum absolute atomic E-state index is 5.70. The molecule has 0 spiro atoms. The standard InChI is InChI=1S/C17H18N2S2/c1-18(2)10-5-11-19-16(20)13-8-3-6-12-7-4-9-14(15(12)13)17(19)21/h3-4,6-9H,5,10-11H2,1-2H3. The van der Waals surface area contributed by atoms with Crippen LogP contribution in [0.1, 0.15) is 17.5 Å². The normalized spacial score (nSPS) is 14.3. The van der Waals surface area contributed by atoms with E-state index in [1.165, 1.54) is 10.8 Å². The third-order valence-corrected chi connectivity index (χ3v) is 4.72. The highest BCUT2D eigenvalue weighted by Crippen LogP contribution is 2.30. The van der Waals surface area contributed by atoms with Crippen molar-refractivity contribution in [3.05, 3.63) is 47.5 Å². The van der Waals surface area contributed by atoms with Crippen LogP contribution in [0.15, 0.2) is 36.4 Å². The van der Waals surface area contributed by atoms with Crippen LogP contribution < -0.4 is 0 Å². The molecule has 1 aliphatic heterocycles. The summed E-state index contributed by atoms with van der Waals surface area (Å²) in [5.41, 5.74) is 2.27. The topological polar surface area (TPSA) is 6.48 Å². The Morgan fingerprint density at radius 3 is 2.05 bits per heavy atom. The molecule has 0 N–H and O–H groups in total. The molecule has 0 amide bonds. The summed E-state index contributed by atoms with van der Waals surface area (Å²) in [5.74, 6) is 0. The second-order valence-electron chi connectivity index (χ2n) is 5.63. The van der Waals surface area contributed by atoms with E-state index < -0.39 is 0 Å². The van der Waals surface area contributed by atoms with Gasteiger partial charge >= 0.3 is 0 Å². The Kier molecular flexibility index (Phi) is 4.02. The lowest BCUT2D eigenvalue weighted by Crippen LogP contribution is -2.40. The fourth-order valence-electron chi connectivity index (χ4n) is 2.83. The Balaban J connectivity index is 1.99. The van der Waals surface area contributed by atoms with E-state index in [9.17, 15) is 0 Å². The van der Waals surface area contributed by atoms with Crippen LogP contribution in [0.25, 0.3) is 10.8 Å². The van der Waals surface area contributed by atoms with Gasteiger partial charge in [0, 0.05) is 23.1 Å². The van der Waals surface area contributed by atoms with Gasteiger partial charge in [-0.1, -0.05) is 60.8 Å². The molecule has 2 nitrogen and oxygen atoms in total. The number of thiocarbonyl (C=S) groups is 2. The minimum absolute atomic E-state index is 0.864. The molecular weight excluding hydrogens is 296 g/mol. The molecule has 0 fully saturated rings. The molecular formula is C17H18N2S2. The highest BCUT2D eigenvalue weighted by molar-refractivity contribution is 7.82. The van der Waals surface area contributed by atoms with Gasteiger partial charge in [0.25, 0.3) is 0 Å². The largest absolute Gasteiger partial charge is 0.323 e. The highest BCUT2D eigenvalue weighted by atomic mass is 32.1. The molecule has 0 atom stereocenters. The van der Waals surface area contributed by atoms with Crippen LogP contribution >= 0.6 is 24.4 Å². The molecule has 0 unspecified atom stereocenters. The molecule has 0 saturated carbocycles. The minimum atomic E-state index is 0.864. The molecule has 4 heteroatoms. The predicted molar refractivity (Wildman–Crippen MR) is 97.2 cm³/mol. The van der Waals surface area contributed by atoms with Gasteiger partial charge in [0.1, 0.15) is 9.98 Å². The van der Waals surface area contributed by atoms with E-state index in [1.807, 2.05) is 0 Å². The van der Waals surface area contributed by atoms with E-state index in [-0.39, 0.29) is 0 Å². The molecule has 3 rings (SSSR count). The quantitative estimate of drug-likeness (QED) is 0.797. The molecule has 0 radical (unpaired) electrons. The first-order valence-electron chi connectivity index (χ1n) is 7.12. The zero-order chi connectivity index (χ0) is 15.0. The third-order valence-electron chi connectivity index (χ3n) is 3.84. The lowest BCUT2D eigenvalue weighted by Gasteiger charge is -2.32.